The minimum atomic E-state index is 0.642. The Morgan fingerprint density at radius 3 is 2.93 bits per heavy atom. The van der Waals surface area contributed by atoms with Gasteiger partial charge in [0, 0.05) is 37.5 Å². The highest BCUT2D eigenvalue weighted by molar-refractivity contribution is 7.15. The van der Waals surface area contributed by atoms with E-state index >= 15 is 0 Å². The summed E-state index contributed by atoms with van der Waals surface area (Å²) in [5, 5.41) is 4.17. The zero-order chi connectivity index (χ0) is 10.1. The minimum Gasteiger partial charge on any atom is -0.365 e. The molecule has 0 saturated carbocycles. The highest BCUT2D eigenvalue weighted by atomic mass is 32.1. The van der Waals surface area contributed by atoms with Crippen LogP contribution in [0.3, 0.4) is 0 Å². The van der Waals surface area contributed by atoms with Crippen LogP contribution in [0, 0.1) is 0 Å². The molecule has 14 heavy (non-hydrogen) atoms. The van der Waals surface area contributed by atoms with Crippen LogP contribution in [0.25, 0.3) is 0 Å². The number of fused-ring (bicyclic) bond motifs is 1. The second-order valence-electron chi connectivity index (χ2n) is 3.95. The van der Waals surface area contributed by atoms with E-state index in [9.17, 15) is 0 Å². The molecule has 0 aliphatic carbocycles. The van der Waals surface area contributed by atoms with Crippen LogP contribution >= 0.6 is 11.3 Å². The Bertz CT molecular complexity index is 319. The maximum Gasteiger partial charge on any atom is 0.182 e. The van der Waals surface area contributed by atoms with Crippen LogP contribution in [0.5, 0.6) is 0 Å². The van der Waals surface area contributed by atoms with Crippen molar-refractivity contribution >= 4 is 16.5 Å². The zero-order valence-corrected chi connectivity index (χ0v) is 9.82. The number of aromatic nitrogens is 1. The quantitative estimate of drug-likeness (QED) is 0.810. The van der Waals surface area contributed by atoms with Gasteiger partial charge in [0.05, 0.1) is 5.69 Å². The van der Waals surface area contributed by atoms with Crippen LogP contribution in [-0.2, 0) is 13.0 Å². The molecule has 0 spiro atoms. The van der Waals surface area contributed by atoms with Gasteiger partial charge in [0.2, 0.25) is 0 Å². The van der Waals surface area contributed by atoms with Gasteiger partial charge in [0.25, 0.3) is 0 Å². The summed E-state index contributed by atoms with van der Waals surface area (Å²) < 4.78 is 0. The molecule has 2 rings (SSSR count). The van der Waals surface area contributed by atoms with E-state index in [0.717, 1.165) is 24.6 Å². The molecule has 0 amide bonds. The topological polar surface area (TPSA) is 28.2 Å². The van der Waals surface area contributed by atoms with Crippen molar-refractivity contribution in [1.82, 2.24) is 9.88 Å². The van der Waals surface area contributed by atoms with E-state index in [1.807, 2.05) is 7.05 Å². The van der Waals surface area contributed by atoms with Crippen LogP contribution in [0.15, 0.2) is 0 Å². The number of thiazole rings is 1. The summed E-state index contributed by atoms with van der Waals surface area (Å²) in [6, 6.07) is 0.642. The molecule has 1 aromatic rings. The molecular weight excluding hydrogens is 194 g/mol. The van der Waals surface area contributed by atoms with Gasteiger partial charge in [0.15, 0.2) is 5.13 Å². The monoisotopic (exact) mass is 211 g/mol. The van der Waals surface area contributed by atoms with E-state index in [0.29, 0.717) is 6.04 Å². The van der Waals surface area contributed by atoms with E-state index < -0.39 is 0 Å². The molecule has 3 nitrogen and oxygen atoms in total. The number of anilines is 1. The largest absolute Gasteiger partial charge is 0.365 e. The van der Waals surface area contributed by atoms with E-state index in [4.69, 9.17) is 0 Å². The Morgan fingerprint density at radius 1 is 1.50 bits per heavy atom. The molecular formula is C10H17N3S. The van der Waals surface area contributed by atoms with Gasteiger partial charge < -0.3 is 5.32 Å². The van der Waals surface area contributed by atoms with Crippen molar-refractivity contribution < 1.29 is 0 Å². The highest BCUT2D eigenvalue weighted by Gasteiger charge is 2.21. The minimum absolute atomic E-state index is 0.642. The predicted octanol–water partition coefficient (Wildman–Crippen LogP) is 1.95. The fourth-order valence-electron chi connectivity index (χ4n) is 1.76. The molecule has 0 radical (unpaired) electrons. The van der Waals surface area contributed by atoms with E-state index in [1.54, 1.807) is 11.3 Å². The summed E-state index contributed by atoms with van der Waals surface area (Å²) in [4.78, 5) is 8.48. The van der Waals surface area contributed by atoms with Crippen molar-refractivity contribution in [2.45, 2.75) is 32.9 Å². The van der Waals surface area contributed by atoms with Gasteiger partial charge in [-0.2, -0.15) is 0 Å². The normalized spacial score (nSPS) is 17.1. The third-order valence-electron chi connectivity index (χ3n) is 2.70. The lowest BCUT2D eigenvalue weighted by Crippen LogP contribution is -2.35. The van der Waals surface area contributed by atoms with Gasteiger partial charge in [-0.1, -0.05) is 0 Å². The van der Waals surface area contributed by atoms with Crippen molar-refractivity contribution in [3.05, 3.63) is 10.6 Å². The Balaban J connectivity index is 2.17. The first-order valence-corrected chi connectivity index (χ1v) is 5.92. The lowest BCUT2D eigenvalue weighted by Gasteiger charge is -2.29. The van der Waals surface area contributed by atoms with Gasteiger partial charge in [0.1, 0.15) is 0 Å². The average Bonchev–Trinajstić information content (AvgIpc) is 2.58. The van der Waals surface area contributed by atoms with Gasteiger partial charge in [-0.25, -0.2) is 4.98 Å². The zero-order valence-electron chi connectivity index (χ0n) is 9.00. The summed E-state index contributed by atoms with van der Waals surface area (Å²) >= 11 is 1.79. The number of hydrogen-bond donors (Lipinski definition) is 1. The van der Waals surface area contributed by atoms with Crippen LogP contribution in [-0.4, -0.2) is 29.5 Å². The van der Waals surface area contributed by atoms with Crippen LogP contribution < -0.4 is 5.32 Å². The predicted molar refractivity (Wildman–Crippen MR) is 60.9 cm³/mol. The number of hydrogen-bond acceptors (Lipinski definition) is 4. The van der Waals surface area contributed by atoms with Gasteiger partial charge >= 0.3 is 0 Å². The molecule has 0 saturated heterocycles. The van der Waals surface area contributed by atoms with Crippen molar-refractivity contribution in [2.24, 2.45) is 0 Å². The second-order valence-corrected chi connectivity index (χ2v) is 5.04. The summed E-state index contributed by atoms with van der Waals surface area (Å²) in [5.41, 5.74) is 1.30. The molecule has 4 heteroatoms. The molecule has 78 valence electrons. The highest BCUT2D eigenvalue weighted by Crippen LogP contribution is 2.28. The Hall–Kier alpha value is -0.610. The molecule has 2 heterocycles. The SMILES string of the molecule is CNc1nc2c(s1)CN(C(C)C)CC2. The fourth-order valence-corrected chi connectivity index (χ4v) is 2.75. The first-order valence-electron chi connectivity index (χ1n) is 5.11. The molecule has 1 N–H and O–H groups in total. The lowest BCUT2D eigenvalue weighted by atomic mass is 10.1. The molecule has 1 aromatic heterocycles. The molecule has 0 atom stereocenters. The summed E-state index contributed by atoms with van der Waals surface area (Å²) in [6.45, 7) is 6.74. The van der Waals surface area contributed by atoms with E-state index in [1.165, 1.54) is 10.6 Å². The fraction of sp³-hybridized carbons (Fsp3) is 0.700. The Morgan fingerprint density at radius 2 is 2.29 bits per heavy atom. The summed E-state index contributed by atoms with van der Waals surface area (Å²) in [5.74, 6) is 0. The van der Waals surface area contributed by atoms with Crippen molar-refractivity contribution in [2.75, 3.05) is 18.9 Å². The van der Waals surface area contributed by atoms with Crippen LogP contribution in [0.4, 0.5) is 5.13 Å². The van der Waals surface area contributed by atoms with Gasteiger partial charge in [-0.05, 0) is 13.8 Å². The van der Waals surface area contributed by atoms with Crippen LogP contribution in [0.1, 0.15) is 24.4 Å². The van der Waals surface area contributed by atoms with Crippen molar-refractivity contribution in [3.63, 3.8) is 0 Å². The maximum absolute atomic E-state index is 4.54. The number of nitrogens with one attached hydrogen (secondary N) is 1. The molecule has 0 aromatic carbocycles. The molecule has 0 unspecified atom stereocenters. The standard InChI is InChI=1S/C10H17N3S/c1-7(2)13-5-4-8-9(6-13)14-10(11-3)12-8/h7H,4-6H2,1-3H3,(H,11,12). The third kappa shape index (κ3) is 1.77. The van der Waals surface area contributed by atoms with E-state index in [2.05, 4.69) is 29.0 Å². The molecule has 1 aliphatic heterocycles. The van der Waals surface area contributed by atoms with Crippen LogP contribution in [0.2, 0.25) is 0 Å². The third-order valence-corrected chi connectivity index (χ3v) is 3.80. The summed E-state index contributed by atoms with van der Waals surface area (Å²) in [6.07, 6.45) is 1.10. The average molecular weight is 211 g/mol. The van der Waals surface area contributed by atoms with E-state index in [-0.39, 0.29) is 0 Å². The van der Waals surface area contributed by atoms with Crippen molar-refractivity contribution in [1.29, 1.82) is 0 Å². The first kappa shape index (κ1) is 9.93. The number of nitrogens with zero attached hydrogens (tertiary/aromatic N) is 2. The lowest BCUT2D eigenvalue weighted by molar-refractivity contribution is 0.205. The number of rotatable bonds is 2. The summed E-state index contributed by atoms with van der Waals surface area (Å²) in [7, 11) is 1.94. The first-order chi connectivity index (χ1) is 6.70. The molecule has 1 aliphatic rings. The smallest absolute Gasteiger partial charge is 0.182 e. The van der Waals surface area contributed by atoms with Gasteiger partial charge in [-0.15, -0.1) is 11.3 Å². The Labute approximate surface area is 89.1 Å². The van der Waals surface area contributed by atoms with Gasteiger partial charge in [-0.3, -0.25) is 4.90 Å². The second kappa shape index (κ2) is 3.87. The molecule has 0 fully saturated rings. The van der Waals surface area contributed by atoms with Crippen molar-refractivity contribution in [3.8, 4) is 0 Å². The Kier molecular flexibility index (Phi) is 2.74. The molecule has 0 bridgehead atoms. The maximum atomic E-state index is 4.54.